The second-order valence-corrected chi connectivity index (χ2v) is 7.03. The van der Waals surface area contributed by atoms with Gasteiger partial charge in [-0.3, -0.25) is 0 Å². The molecule has 0 saturated carbocycles. The van der Waals surface area contributed by atoms with Crippen LogP contribution in [-0.4, -0.2) is 16.2 Å². The standard InChI is InChI=1S/C20H17Cl2NO4/c1-11(2)19-13(10-26-16-9-4-3-6-12(16)20(24)25)18(23-27-19)17-14(21)7-5-8-15(17)22/h3-9,11H,10H2,1-2H3,(H,24,25). The quantitative estimate of drug-likeness (QED) is 0.540. The van der Waals surface area contributed by atoms with E-state index in [0.29, 0.717) is 32.6 Å². The van der Waals surface area contributed by atoms with E-state index in [1.54, 1.807) is 36.4 Å². The third-order valence-electron chi connectivity index (χ3n) is 4.03. The first-order valence-electron chi connectivity index (χ1n) is 8.28. The van der Waals surface area contributed by atoms with Gasteiger partial charge >= 0.3 is 5.97 Å². The van der Waals surface area contributed by atoms with E-state index >= 15 is 0 Å². The van der Waals surface area contributed by atoms with E-state index in [-0.39, 0.29) is 23.8 Å². The Morgan fingerprint density at radius 3 is 2.44 bits per heavy atom. The fourth-order valence-corrected chi connectivity index (χ4v) is 3.33. The Kier molecular flexibility index (Phi) is 5.73. The lowest BCUT2D eigenvalue weighted by Crippen LogP contribution is -2.05. The van der Waals surface area contributed by atoms with E-state index < -0.39 is 5.97 Å². The highest BCUT2D eigenvalue weighted by Crippen LogP contribution is 2.38. The van der Waals surface area contributed by atoms with E-state index in [9.17, 15) is 9.90 Å². The second-order valence-electron chi connectivity index (χ2n) is 6.22. The van der Waals surface area contributed by atoms with Gasteiger partial charge in [0.1, 0.15) is 29.4 Å². The maximum Gasteiger partial charge on any atom is 0.339 e. The number of carboxylic acid groups (broad SMARTS) is 1. The van der Waals surface area contributed by atoms with Crippen LogP contribution in [0, 0.1) is 0 Å². The predicted molar refractivity (Wildman–Crippen MR) is 104 cm³/mol. The minimum Gasteiger partial charge on any atom is -0.488 e. The van der Waals surface area contributed by atoms with Crippen molar-refractivity contribution in [2.45, 2.75) is 26.4 Å². The summed E-state index contributed by atoms with van der Waals surface area (Å²) in [6, 6.07) is 11.6. The van der Waals surface area contributed by atoms with Gasteiger partial charge in [-0.15, -0.1) is 0 Å². The molecule has 1 N–H and O–H groups in total. The number of ether oxygens (including phenoxy) is 1. The molecule has 27 heavy (non-hydrogen) atoms. The number of nitrogens with zero attached hydrogens (tertiary/aromatic N) is 1. The van der Waals surface area contributed by atoms with Gasteiger partial charge in [0.05, 0.1) is 15.6 Å². The number of rotatable bonds is 6. The number of aromatic nitrogens is 1. The molecule has 0 spiro atoms. The summed E-state index contributed by atoms with van der Waals surface area (Å²) in [5.74, 6) is -0.124. The number of hydrogen-bond donors (Lipinski definition) is 1. The monoisotopic (exact) mass is 405 g/mol. The van der Waals surface area contributed by atoms with Gasteiger partial charge in [0, 0.05) is 11.5 Å². The molecule has 0 saturated heterocycles. The van der Waals surface area contributed by atoms with E-state index in [0.717, 1.165) is 0 Å². The molecule has 0 aliphatic rings. The van der Waals surface area contributed by atoms with Crippen LogP contribution in [0.1, 0.15) is 41.4 Å². The first-order valence-corrected chi connectivity index (χ1v) is 9.03. The lowest BCUT2D eigenvalue weighted by Gasteiger charge is -2.12. The van der Waals surface area contributed by atoms with Crippen LogP contribution in [0.15, 0.2) is 47.0 Å². The fourth-order valence-electron chi connectivity index (χ4n) is 2.75. The van der Waals surface area contributed by atoms with Crippen molar-refractivity contribution in [1.29, 1.82) is 0 Å². The normalized spacial score (nSPS) is 11.0. The first kappa shape index (κ1) is 19.3. The van der Waals surface area contributed by atoms with Crippen LogP contribution in [-0.2, 0) is 6.61 Å². The van der Waals surface area contributed by atoms with E-state index in [1.807, 2.05) is 13.8 Å². The molecule has 140 valence electrons. The van der Waals surface area contributed by atoms with Crippen molar-refractivity contribution in [2.75, 3.05) is 0 Å². The van der Waals surface area contributed by atoms with Gasteiger partial charge < -0.3 is 14.4 Å². The van der Waals surface area contributed by atoms with E-state index in [2.05, 4.69) is 5.16 Å². The molecule has 3 aromatic rings. The van der Waals surface area contributed by atoms with Crippen molar-refractivity contribution in [2.24, 2.45) is 0 Å². The number of hydrogen-bond acceptors (Lipinski definition) is 4. The Labute approximate surface area is 166 Å². The summed E-state index contributed by atoms with van der Waals surface area (Å²) in [7, 11) is 0. The SMILES string of the molecule is CC(C)c1onc(-c2c(Cl)cccc2Cl)c1COc1ccccc1C(=O)O. The van der Waals surface area contributed by atoms with Gasteiger partial charge in [-0.05, 0) is 24.3 Å². The van der Waals surface area contributed by atoms with Crippen molar-refractivity contribution in [3.05, 3.63) is 69.4 Å². The zero-order valence-electron chi connectivity index (χ0n) is 14.7. The highest BCUT2D eigenvalue weighted by atomic mass is 35.5. The van der Waals surface area contributed by atoms with Crippen molar-refractivity contribution in [3.8, 4) is 17.0 Å². The minimum absolute atomic E-state index is 0.0424. The molecule has 0 atom stereocenters. The Balaban J connectivity index is 2.03. The lowest BCUT2D eigenvalue weighted by molar-refractivity contribution is 0.0691. The number of benzene rings is 2. The third kappa shape index (κ3) is 3.94. The Morgan fingerprint density at radius 1 is 1.15 bits per heavy atom. The molecule has 0 fully saturated rings. The molecular weight excluding hydrogens is 389 g/mol. The zero-order chi connectivity index (χ0) is 19.6. The third-order valence-corrected chi connectivity index (χ3v) is 4.66. The van der Waals surface area contributed by atoms with Crippen LogP contribution in [0.4, 0.5) is 0 Å². The van der Waals surface area contributed by atoms with Crippen LogP contribution < -0.4 is 4.74 Å². The fraction of sp³-hybridized carbons (Fsp3) is 0.200. The summed E-state index contributed by atoms with van der Waals surface area (Å²) in [5.41, 5.74) is 1.81. The molecule has 0 amide bonds. The molecule has 0 bridgehead atoms. The zero-order valence-corrected chi connectivity index (χ0v) is 16.2. The summed E-state index contributed by atoms with van der Waals surface area (Å²) >= 11 is 12.6. The molecule has 0 unspecified atom stereocenters. The van der Waals surface area contributed by atoms with Gasteiger partial charge in [0.25, 0.3) is 0 Å². The van der Waals surface area contributed by atoms with Crippen LogP contribution in [0.3, 0.4) is 0 Å². The lowest BCUT2D eigenvalue weighted by atomic mass is 10.0. The summed E-state index contributed by atoms with van der Waals surface area (Å²) in [6.45, 7) is 4.00. The van der Waals surface area contributed by atoms with Gasteiger partial charge in [0.15, 0.2) is 0 Å². The average Bonchev–Trinajstić information content (AvgIpc) is 3.04. The van der Waals surface area contributed by atoms with Crippen molar-refractivity contribution in [1.82, 2.24) is 5.16 Å². The van der Waals surface area contributed by atoms with Crippen LogP contribution in [0.2, 0.25) is 10.0 Å². The average molecular weight is 406 g/mol. The second kappa shape index (κ2) is 8.03. The van der Waals surface area contributed by atoms with Crippen LogP contribution >= 0.6 is 23.2 Å². The summed E-state index contributed by atoms with van der Waals surface area (Å²) < 4.78 is 11.3. The maximum absolute atomic E-state index is 11.4. The maximum atomic E-state index is 11.4. The van der Waals surface area contributed by atoms with E-state index in [4.69, 9.17) is 32.5 Å². The molecule has 7 heteroatoms. The topological polar surface area (TPSA) is 72.6 Å². The van der Waals surface area contributed by atoms with Crippen LogP contribution in [0.25, 0.3) is 11.3 Å². The van der Waals surface area contributed by atoms with E-state index in [1.165, 1.54) is 6.07 Å². The highest BCUT2D eigenvalue weighted by molar-refractivity contribution is 6.39. The molecule has 3 rings (SSSR count). The molecule has 0 aliphatic heterocycles. The Hall–Kier alpha value is -2.50. The molecule has 0 aliphatic carbocycles. The van der Waals surface area contributed by atoms with Gasteiger partial charge in [-0.1, -0.05) is 60.4 Å². The summed E-state index contributed by atoms with van der Waals surface area (Å²) in [4.78, 5) is 11.4. The molecule has 5 nitrogen and oxygen atoms in total. The van der Waals surface area contributed by atoms with Crippen molar-refractivity contribution >= 4 is 29.2 Å². The Bertz CT molecular complexity index is 962. The number of halogens is 2. The van der Waals surface area contributed by atoms with Gasteiger partial charge in [-0.2, -0.15) is 0 Å². The minimum atomic E-state index is -1.06. The Morgan fingerprint density at radius 2 is 1.81 bits per heavy atom. The summed E-state index contributed by atoms with van der Waals surface area (Å²) in [5, 5.41) is 14.4. The molecular formula is C20H17Cl2NO4. The van der Waals surface area contributed by atoms with Crippen molar-refractivity contribution < 1.29 is 19.2 Å². The highest BCUT2D eigenvalue weighted by Gasteiger charge is 2.24. The van der Waals surface area contributed by atoms with Gasteiger partial charge in [-0.25, -0.2) is 4.79 Å². The van der Waals surface area contributed by atoms with Crippen LogP contribution in [0.5, 0.6) is 5.75 Å². The number of carbonyl (C=O) groups is 1. The predicted octanol–water partition coefficient (Wildman–Crippen LogP) is 6.05. The number of para-hydroxylation sites is 1. The smallest absolute Gasteiger partial charge is 0.339 e. The first-order chi connectivity index (χ1) is 12.9. The largest absolute Gasteiger partial charge is 0.488 e. The molecule has 1 aromatic heterocycles. The van der Waals surface area contributed by atoms with Gasteiger partial charge in [0.2, 0.25) is 0 Å². The number of carboxylic acids is 1. The summed E-state index contributed by atoms with van der Waals surface area (Å²) in [6.07, 6.45) is 0. The molecule has 0 radical (unpaired) electrons. The molecule has 2 aromatic carbocycles. The molecule has 1 heterocycles. The van der Waals surface area contributed by atoms with Crippen molar-refractivity contribution in [3.63, 3.8) is 0 Å². The number of aromatic carboxylic acids is 1.